The van der Waals surface area contributed by atoms with Crippen LogP contribution in [0.5, 0.6) is 5.75 Å². The van der Waals surface area contributed by atoms with E-state index in [1.807, 2.05) is 6.92 Å². The Bertz CT molecular complexity index is 582. The number of phenolic OH excluding ortho intramolecular Hbond substituents is 1. The number of benzene rings is 1. The van der Waals surface area contributed by atoms with Gasteiger partial charge < -0.3 is 9.90 Å². The molecule has 0 aliphatic carbocycles. The zero-order valence-corrected chi connectivity index (χ0v) is 10.6. The standard InChI is InChI=1S/C14H12ClNO2/c1-9-12(15)8-11(4-7-17)14(18)13(9)10-2-5-16-6-3-10/h2-3,5-8,18H,4H2,1H3. The Morgan fingerprint density at radius 3 is 2.67 bits per heavy atom. The van der Waals surface area contributed by atoms with Gasteiger partial charge >= 0.3 is 0 Å². The summed E-state index contributed by atoms with van der Waals surface area (Å²) in [5.41, 5.74) is 2.80. The lowest BCUT2D eigenvalue weighted by Gasteiger charge is -2.13. The van der Waals surface area contributed by atoms with Crippen molar-refractivity contribution < 1.29 is 9.90 Å². The molecule has 18 heavy (non-hydrogen) atoms. The van der Waals surface area contributed by atoms with Crippen molar-refractivity contribution in [1.82, 2.24) is 4.98 Å². The summed E-state index contributed by atoms with van der Waals surface area (Å²) < 4.78 is 0. The quantitative estimate of drug-likeness (QED) is 0.864. The summed E-state index contributed by atoms with van der Waals surface area (Å²) >= 11 is 6.13. The van der Waals surface area contributed by atoms with Crippen LogP contribution in [0.15, 0.2) is 30.6 Å². The molecule has 0 atom stereocenters. The lowest BCUT2D eigenvalue weighted by Crippen LogP contribution is -1.94. The molecule has 0 unspecified atom stereocenters. The fourth-order valence-electron chi connectivity index (χ4n) is 1.90. The summed E-state index contributed by atoms with van der Waals surface area (Å²) in [6.07, 6.45) is 4.18. The third-order valence-corrected chi connectivity index (χ3v) is 3.24. The second kappa shape index (κ2) is 5.19. The molecule has 0 spiro atoms. The van der Waals surface area contributed by atoms with Gasteiger partial charge in [0.2, 0.25) is 0 Å². The molecule has 0 radical (unpaired) electrons. The van der Waals surface area contributed by atoms with Crippen LogP contribution in [0.4, 0.5) is 0 Å². The number of hydrogen-bond donors (Lipinski definition) is 1. The minimum absolute atomic E-state index is 0.107. The first-order valence-corrected chi connectivity index (χ1v) is 5.88. The van der Waals surface area contributed by atoms with Crippen molar-refractivity contribution in [3.8, 4) is 16.9 Å². The van der Waals surface area contributed by atoms with Gasteiger partial charge in [0.25, 0.3) is 0 Å². The van der Waals surface area contributed by atoms with E-state index in [0.717, 1.165) is 17.4 Å². The van der Waals surface area contributed by atoms with Gasteiger partial charge in [0, 0.05) is 35.0 Å². The van der Waals surface area contributed by atoms with Crippen LogP contribution < -0.4 is 0 Å². The van der Waals surface area contributed by atoms with Crippen LogP contribution >= 0.6 is 11.6 Å². The number of carbonyl (C=O) groups excluding carboxylic acids is 1. The van der Waals surface area contributed by atoms with Crippen LogP contribution in [-0.2, 0) is 11.2 Å². The number of pyridine rings is 1. The Hall–Kier alpha value is -1.87. The monoisotopic (exact) mass is 261 g/mol. The first kappa shape index (κ1) is 12.6. The molecule has 0 amide bonds. The number of carbonyl (C=O) groups is 1. The topological polar surface area (TPSA) is 50.2 Å². The maximum absolute atomic E-state index is 10.6. The van der Waals surface area contributed by atoms with Crippen molar-refractivity contribution in [1.29, 1.82) is 0 Å². The molecule has 0 fully saturated rings. The Morgan fingerprint density at radius 1 is 1.39 bits per heavy atom. The van der Waals surface area contributed by atoms with Gasteiger partial charge in [-0.3, -0.25) is 4.98 Å². The van der Waals surface area contributed by atoms with Crippen molar-refractivity contribution in [2.75, 3.05) is 0 Å². The summed E-state index contributed by atoms with van der Waals surface area (Å²) in [5.74, 6) is 0.107. The van der Waals surface area contributed by atoms with Gasteiger partial charge in [-0.1, -0.05) is 11.6 Å². The van der Waals surface area contributed by atoms with E-state index in [0.29, 0.717) is 16.1 Å². The van der Waals surface area contributed by atoms with Gasteiger partial charge in [-0.05, 0) is 36.2 Å². The molecular weight excluding hydrogens is 250 g/mol. The molecule has 2 rings (SSSR count). The molecule has 0 saturated heterocycles. The number of phenols is 1. The van der Waals surface area contributed by atoms with Gasteiger partial charge in [0.15, 0.2) is 0 Å². The van der Waals surface area contributed by atoms with Crippen molar-refractivity contribution in [3.63, 3.8) is 0 Å². The number of rotatable bonds is 3. The highest BCUT2D eigenvalue weighted by Crippen LogP contribution is 2.38. The minimum Gasteiger partial charge on any atom is -0.507 e. The zero-order chi connectivity index (χ0) is 13.1. The van der Waals surface area contributed by atoms with Crippen LogP contribution in [0.25, 0.3) is 11.1 Å². The summed E-state index contributed by atoms with van der Waals surface area (Å²) in [4.78, 5) is 14.5. The smallest absolute Gasteiger partial charge is 0.127 e. The lowest BCUT2D eigenvalue weighted by molar-refractivity contribution is -0.107. The third-order valence-electron chi connectivity index (χ3n) is 2.85. The molecule has 1 aromatic heterocycles. The Morgan fingerprint density at radius 2 is 2.06 bits per heavy atom. The van der Waals surface area contributed by atoms with E-state index in [2.05, 4.69) is 4.98 Å². The van der Waals surface area contributed by atoms with Crippen molar-refractivity contribution >= 4 is 17.9 Å². The summed E-state index contributed by atoms with van der Waals surface area (Å²) in [6, 6.07) is 5.22. The number of halogens is 1. The highest BCUT2D eigenvalue weighted by atomic mass is 35.5. The molecule has 92 valence electrons. The largest absolute Gasteiger partial charge is 0.507 e. The minimum atomic E-state index is 0.107. The van der Waals surface area contributed by atoms with Crippen LogP contribution in [0.1, 0.15) is 11.1 Å². The molecule has 1 N–H and O–H groups in total. The number of aromatic hydroxyl groups is 1. The number of hydrogen-bond acceptors (Lipinski definition) is 3. The predicted molar refractivity (Wildman–Crippen MR) is 70.9 cm³/mol. The van der Waals surface area contributed by atoms with Crippen molar-refractivity contribution in [2.45, 2.75) is 13.3 Å². The molecule has 3 nitrogen and oxygen atoms in total. The highest BCUT2D eigenvalue weighted by molar-refractivity contribution is 6.32. The summed E-state index contributed by atoms with van der Waals surface area (Å²) in [6.45, 7) is 1.84. The normalized spacial score (nSPS) is 10.3. The zero-order valence-electron chi connectivity index (χ0n) is 9.85. The molecule has 2 aromatic rings. The fourth-order valence-corrected chi connectivity index (χ4v) is 2.13. The van der Waals surface area contributed by atoms with Crippen LogP contribution in [0.2, 0.25) is 5.02 Å². The average molecular weight is 262 g/mol. The molecule has 0 bridgehead atoms. The van der Waals surface area contributed by atoms with E-state index in [1.165, 1.54) is 0 Å². The molecule has 0 aliphatic rings. The van der Waals surface area contributed by atoms with Gasteiger partial charge in [-0.25, -0.2) is 0 Å². The Labute approximate surface area is 110 Å². The lowest BCUT2D eigenvalue weighted by atomic mass is 9.96. The van der Waals surface area contributed by atoms with Gasteiger partial charge in [-0.15, -0.1) is 0 Å². The second-order valence-corrected chi connectivity index (χ2v) is 4.38. The van der Waals surface area contributed by atoms with Crippen LogP contribution in [0, 0.1) is 6.92 Å². The molecule has 1 aromatic carbocycles. The number of nitrogens with zero attached hydrogens (tertiary/aromatic N) is 1. The number of aldehydes is 1. The predicted octanol–water partition coefficient (Wildman–Crippen LogP) is 3.16. The van der Waals surface area contributed by atoms with E-state index in [4.69, 9.17) is 11.6 Å². The van der Waals surface area contributed by atoms with Crippen molar-refractivity contribution in [2.24, 2.45) is 0 Å². The Balaban J connectivity index is 2.69. The van der Waals surface area contributed by atoms with E-state index >= 15 is 0 Å². The van der Waals surface area contributed by atoms with E-state index in [9.17, 15) is 9.90 Å². The van der Waals surface area contributed by atoms with Gasteiger partial charge in [0.05, 0.1) is 0 Å². The maximum Gasteiger partial charge on any atom is 0.127 e. The van der Waals surface area contributed by atoms with Crippen LogP contribution in [-0.4, -0.2) is 16.4 Å². The van der Waals surface area contributed by atoms with Gasteiger partial charge in [-0.2, -0.15) is 0 Å². The fraction of sp³-hybridized carbons (Fsp3) is 0.143. The molecule has 0 saturated carbocycles. The first-order valence-electron chi connectivity index (χ1n) is 5.50. The first-order chi connectivity index (χ1) is 8.65. The van der Waals surface area contributed by atoms with Crippen LogP contribution in [0.3, 0.4) is 0 Å². The highest BCUT2D eigenvalue weighted by Gasteiger charge is 2.15. The van der Waals surface area contributed by atoms with Crippen molar-refractivity contribution in [3.05, 3.63) is 46.7 Å². The van der Waals surface area contributed by atoms with E-state index < -0.39 is 0 Å². The molecular formula is C14H12ClNO2. The molecule has 1 heterocycles. The number of aromatic nitrogens is 1. The molecule has 0 aliphatic heterocycles. The van der Waals surface area contributed by atoms with E-state index in [1.54, 1.807) is 30.6 Å². The van der Waals surface area contributed by atoms with Gasteiger partial charge in [0.1, 0.15) is 12.0 Å². The average Bonchev–Trinajstić information content (AvgIpc) is 2.38. The second-order valence-electron chi connectivity index (χ2n) is 3.97. The summed E-state index contributed by atoms with van der Waals surface area (Å²) in [5, 5.41) is 10.8. The summed E-state index contributed by atoms with van der Waals surface area (Å²) in [7, 11) is 0. The maximum atomic E-state index is 10.6. The molecule has 4 heteroatoms. The van der Waals surface area contributed by atoms with E-state index in [-0.39, 0.29) is 12.2 Å². The Kier molecular flexibility index (Phi) is 3.63. The SMILES string of the molecule is Cc1c(Cl)cc(CC=O)c(O)c1-c1ccncc1. The third kappa shape index (κ3) is 2.22.